The van der Waals surface area contributed by atoms with E-state index in [0.29, 0.717) is 11.6 Å². The fraction of sp³-hybridized carbons (Fsp3) is 0.455. The summed E-state index contributed by atoms with van der Waals surface area (Å²) in [6.45, 7) is 5.18. The maximum absolute atomic E-state index is 11.8. The van der Waals surface area contributed by atoms with Crippen LogP contribution in [0, 0.1) is 0 Å². The Kier molecular flexibility index (Phi) is 2.76. The summed E-state index contributed by atoms with van der Waals surface area (Å²) in [4.78, 5) is 18.0. The van der Waals surface area contributed by atoms with Gasteiger partial charge in [-0.25, -0.2) is 4.98 Å². The van der Waals surface area contributed by atoms with Crippen LogP contribution >= 0.6 is 11.6 Å². The molecule has 16 heavy (non-hydrogen) atoms. The van der Waals surface area contributed by atoms with Crippen LogP contribution in [-0.4, -0.2) is 29.5 Å². The van der Waals surface area contributed by atoms with E-state index in [1.165, 1.54) is 0 Å². The summed E-state index contributed by atoms with van der Waals surface area (Å²) in [5.41, 5.74) is -0.570. The van der Waals surface area contributed by atoms with E-state index in [0.717, 1.165) is 12.4 Å². The summed E-state index contributed by atoms with van der Waals surface area (Å²) in [5, 5.41) is 3.45. The maximum atomic E-state index is 11.8. The number of nitrogens with one attached hydrogen (secondary N) is 1. The van der Waals surface area contributed by atoms with Crippen molar-refractivity contribution in [1.82, 2.24) is 10.3 Å². The van der Waals surface area contributed by atoms with Crippen molar-refractivity contribution >= 4 is 23.3 Å². The molecule has 86 valence electrons. The molecule has 1 amide bonds. The Morgan fingerprint density at radius 2 is 2.25 bits per heavy atom. The molecular weight excluding hydrogens is 226 g/mol. The Labute approximate surface area is 99.6 Å². The van der Waals surface area contributed by atoms with Crippen LogP contribution in [0.25, 0.3) is 0 Å². The second-order valence-corrected chi connectivity index (χ2v) is 4.74. The largest absolute Gasteiger partial charge is 0.352 e. The first kappa shape index (κ1) is 11.2. The lowest BCUT2D eigenvalue weighted by molar-refractivity contribution is -0.126. The first-order valence-corrected chi connectivity index (χ1v) is 5.57. The van der Waals surface area contributed by atoms with E-state index in [2.05, 4.69) is 10.3 Å². The molecule has 2 heterocycles. The van der Waals surface area contributed by atoms with Gasteiger partial charge in [-0.1, -0.05) is 11.6 Å². The number of rotatable bonds is 1. The molecule has 0 aliphatic carbocycles. The highest BCUT2D eigenvalue weighted by molar-refractivity contribution is 6.30. The van der Waals surface area contributed by atoms with Gasteiger partial charge in [0.15, 0.2) is 0 Å². The second-order valence-electron chi connectivity index (χ2n) is 4.30. The lowest BCUT2D eigenvalue weighted by Gasteiger charge is -2.41. The lowest BCUT2D eigenvalue weighted by atomic mass is 9.99. The average Bonchev–Trinajstić information content (AvgIpc) is 2.24. The molecule has 0 radical (unpaired) electrons. The van der Waals surface area contributed by atoms with Gasteiger partial charge in [0.25, 0.3) is 0 Å². The van der Waals surface area contributed by atoms with Crippen LogP contribution in [0.4, 0.5) is 5.82 Å². The molecule has 1 N–H and O–H groups in total. The standard InChI is InChI=1S/C11H14ClN3O/c1-11(2)10(16)13-5-6-15(11)9-4-3-8(12)7-14-9/h3-4,7H,5-6H2,1-2H3,(H,13,16). The van der Waals surface area contributed by atoms with Crippen molar-refractivity contribution in [3.05, 3.63) is 23.4 Å². The summed E-state index contributed by atoms with van der Waals surface area (Å²) in [5.74, 6) is 0.805. The van der Waals surface area contributed by atoms with Crippen molar-refractivity contribution in [3.63, 3.8) is 0 Å². The number of piperazine rings is 1. The molecule has 1 aromatic heterocycles. The van der Waals surface area contributed by atoms with Crippen molar-refractivity contribution in [2.45, 2.75) is 19.4 Å². The predicted octanol–water partition coefficient (Wildman–Crippen LogP) is 1.45. The highest BCUT2D eigenvalue weighted by Gasteiger charge is 2.38. The number of anilines is 1. The SMILES string of the molecule is CC1(C)C(=O)NCCN1c1ccc(Cl)cn1. The van der Waals surface area contributed by atoms with Gasteiger partial charge in [-0.2, -0.15) is 0 Å². The summed E-state index contributed by atoms with van der Waals surface area (Å²) < 4.78 is 0. The zero-order chi connectivity index (χ0) is 11.8. The quantitative estimate of drug-likeness (QED) is 0.807. The molecule has 0 unspecified atom stereocenters. The smallest absolute Gasteiger partial charge is 0.245 e. The predicted molar refractivity (Wildman–Crippen MR) is 63.7 cm³/mol. The zero-order valence-corrected chi connectivity index (χ0v) is 10.1. The fourth-order valence-corrected chi connectivity index (χ4v) is 1.94. The van der Waals surface area contributed by atoms with Gasteiger partial charge in [0.2, 0.25) is 5.91 Å². The van der Waals surface area contributed by atoms with Gasteiger partial charge in [0.05, 0.1) is 5.02 Å². The number of hydrogen-bond donors (Lipinski definition) is 1. The van der Waals surface area contributed by atoms with Gasteiger partial charge in [-0.3, -0.25) is 4.79 Å². The van der Waals surface area contributed by atoms with Crippen LogP contribution < -0.4 is 10.2 Å². The van der Waals surface area contributed by atoms with Crippen molar-refractivity contribution in [1.29, 1.82) is 0 Å². The minimum atomic E-state index is -0.570. The molecule has 2 rings (SSSR count). The number of nitrogens with zero attached hydrogens (tertiary/aromatic N) is 2. The van der Waals surface area contributed by atoms with Crippen LogP contribution in [0.2, 0.25) is 5.02 Å². The number of pyridine rings is 1. The Hall–Kier alpha value is -1.29. The molecule has 5 heteroatoms. The molecular formula is C11H14ClN3O. The first-order valence-electron chi connectivity index (χ1n) is 5.19. The Bertz CT molecular complexity index is 402. The van der Waals surface area contributed by atoms with Crippen LogP contribution in [0.5, 0.6) is 0 Å². The van der Waals surface area contributed by atoms with Gasteiger partial charge in [-0.15, -0.1) is 0 Å². The number of carbonyl (C=O) groups excluding carboxylic acids is 1. The monoisotopic (exact) mass is 239 g/mol. The molecule has 0 bridgehead atoms. The van der Waals surface area contributed by atoms with E-state index in [1.54, 1.807) is 12.3 Å². The van der Waals surface area contributed by atoms with Crippen molar-refractivity contribution in [3.8, 4) is 0 Å². The number of carbonyl (C=O) groups is 1. The third kappa shape index (κ3) is 1.85. The summed E-state index contributed by atoms with van der Waals surface area (Å²) in [6, 6.07) is 3.62. The molecule has 0 atom stereocenters. The average molecular weight is 240 g/mol. The third-order valence-electron chi connectivity index (χ3n) is 2.84. The molecule has 1 saturated heterocycles. The lowest BCUT2D eigenvalue weighted by Crippen LogP contribution is -2.62. The molecule has 1 aliphatic heterocycles. The van der Waals surface area contributed by atoms with Crippen molar-refractivity contribution < 1.29 is 4.79 Å². The fourth-order valence-electron chi connectivity index (χ4n) is 1.83. The molecule has 0 saturated carbocycles. The number of hydrogen-bond acceptors (Lipinski definition) is 3. The van der Waals surface area contributed by atoms with E-state index in [9.17, 15) is 4.79 Å². The van der Waals surface area contributed by atoms with Gasteiger partial charge in [0, 0.05) is 19.3 Å². The summed E-state index contributed by atoms with van der Waals surface area (Å²) in [6.07, 6.45) is 1.60. The minimum absolute atomic E-state index is 0.0236. The van der Waals surface area contributed by atoms with Crippen molar-refractivity contribution in [2.24, 2.45) is 0 Å². The molecule has 0 spiro atoms. The third-order valence-corrected chi connectivity index (χ3v) is 3.06. The Morgan fingerprint density at radius 1 is 1.50 bits per heavy atom. The normalized spacial score (nSPS) is 19.4. The molecule has 1 fully saturated rings. The van der Waals surface area contributed by atoms with Gasteiger partial charge in [-0.05, 0) is 26.0 Å². The van der Waals surface area contributed by atoms with E-state index < -0.39 is 5.54 Å². The van der Waals surface area contributed by atoms with E-state index in [4.69, 9.17) is 11.6 Å². The topological polar surface area (TPSA) is 45.2 Å². The van der Waals surface area contributed by atoms with Crippen LogP contribution in [-0.2, 0) is 4.79 Å². The van der Waals surface area contributed by atoms with Gasteiger partial charge in [0.1, 0.15) is 11.4 Å². The van der Waals surface area contributed by atoms with E-state index in [1.807, 2.05) is 24.8 Å². The maximum Gasteiger partial charge on any atom is 0.245 e. The Balaban J connectivity index is 2.32. The Morgan fingerprint density at radius 3 is 2.88 bits per heavy atom. The molecule has 1 aromatic rings. The van der Waals surface area contributed by atoms with Crippen molar-refractivity contribution in [2.75, 3.05) is 18.0 Å². The minimum Gasteiger partial charge on any atom is -0.352 e. The van der Waals surface area contributed by atoms with Gasteiger partial charge < -0.3 is 10.2 Å². The molecule has 0 aromatic carbocycles. The van der Waals surface area contributed by atoms with E-state index >= 15 is 0 Å². The summed E-state index contributed by atoms with van der Waals surface area (Å²) in [7, 11) is 0. The first-order chi connectivity index (χ1) is 7.51. The highest BCUT2D eigenvalue weighted by atomic mass is 35.5. The summed E-state index contributed by atoms with van der Waals surface area (Å²) >= 11 is 5.79. The molecule has 1 aliphatic rings. The number of amides is 1. The van der Waals surface area contributed by atoms with Gasteiger partial charge >= 0.3 is 0 Å². The number of halogens is 1. The van der Waals surface area contributed by atoms with Crippen LogP contribution in [0.3, 0.4) is 0 Å². The molecule has 4 nitrogen and oxygen atoms in total. The second kappa shape index (κ2) is 3.94. The number of aromatic nitrogens is 1. The van der Waals surface area contributed by atoms with Crippen LogP contribution in [0.15, 0.2) is 18.3 Å². The van der Waals surface area contributed by atoms with Crippen LogP contribution in [0.1, 0.15) is 13.8 Å². The zero-order valence-electron chi connectivity index (χ0n) is 9.33. The highest BCUT2D eigenvalue weighted by Crippen LogP contribution is 2.24. The van der Waals surface area contributed by atoms with E-state index in [-0.39, 0.29) is 5.91 Å².